The Kier molecular flexibility index (Phi) is 6.83. The monoisotopic (exact) mass is 499 g/mol. The normalized spacial score (nSPS) is 15.3. The number of halogens is 2. The van der Waals surface area contributed by atoms with Crippen molar-refractivity contribution in [2.75, 3.05) is 16.6 Å². The Morgan fingerprint density at radius 2 is 1.66 bits per heavy atom. The van der Waals surface area contributed by atoms with Gasteiger partial charge in [-0.1, -0.05) is 24.3 Å². The van der Waals surface area contributed by atoms with Gasteiger partial charge in [0.1, 0.15) is 0 Å². The lowest BCUT2D eigenvalue weighted by Gasteiger charge is -2.36. The van der Waals surface area contributed by atoms with E-state index in [0.29, 0.717) is 18.3 Å². The third-order valence-electron chi connectivity index (χ3n) is 5.82. The molecule has 4 rings (SSSR count). The summed E-state index contributed by atoms with van der Waals surface area (Å²) in [5, 5.41) is 2.77. The molecule has 0 aliphatic carbocycles. The highest BCUT2D eigenvalue weighted by Gasteiger charge is 2.30. The van der Waals surface area contributed by atoms with Crippen LogP contribution < -0.4 is 10.0 Å². The van der Waals surface area contributed by atoms with Crippen molar-refractivity contribution in [3.05, 3.63) is 89.5 Å². The summed E-state index contributed by atoms with van der Waals surface area (Å²) in [5.74, 6) is -2.81. The first kappa shape index (κ1) is 24.3. The third-order valence-corrected chi connectivity index (χ3v) is 7.20. The molecule has 1 aliphatic heterocycles. The predicted octanol–water partition coefficient (Wildman–Crippen LogP) is 4.24. The number of nitrogens with one attached hydrogen (secondary N) is 2. The Morgan fingerprint density at radius 1 is 0.971 bits per heavy atom. The molecule has 35 heavy (non-hydrogen) atoms. The third kappa shape index (κ3) is 5.48. The van der Waals surface area contributed by atoms with Gasteiger partial charge in [0.15, 0.2) is 11.6 Å². The highest BCUT2D eigenvalue weighted by atomic mass is 32.2. The molecule has 2 N–H and O–H groups in total. The van der Waals surface area contributed by atoms with E-state index in [9.17, 15) is 26.8 Å². The van der Waals surface area contributed by atoms with Gasteiger partial charge in [-0.05, 0) is 60.0 Å². The molecule has 0 spiro atoms. The molecule has 7 nitrogen and oxygen atoms in total. The van der Waals surface area contributed by atoms with Crippen molar-refractivity contribution in [3.63, 3.8) is 0 Å². The van der Waals surface area contributed by atoms with Crippen molar-refractivity contribution < 1.29 is 26.8 Å². The number of nitrogens with zero attached hydrogens (tertiary/aromatic N) is 1. The molecular weight excluding hydrogens is 476 g/mol. The fourth-order valence-electron chi connectivity index (χ4n) is 4.12. The van der Waals surface area contributed by atoms with E-state index in [-0.39, 0.29) is 30.0 Å². The zero-order chi connectivity index (χ0) is 25.2. The zero-order valence-electron chi connectivity index (χ0n) is 18.8. The van der Waals surface area contributed by atoms with E-state index in [1.165, 1.54) is 31.2 Å². The number of amides is 2. The fraction of sp³-hybridized carbons (Fsp3) is 0.200. The first-order valence-corrected chi connectivity index (χ1v) is 12.3. The Labute approximate surface area is 201 Å². The van der Waals surface area contributed by atoms with Gasteiger partial charge in [-0.25, -0.2) is 17.2 Å². The number of benzene rings is 3. The van der Waals surface area contributed by atoms with Crippen LogP contribution >= 0.6 is 0 Å². The van der Waals surface area contributed by atoms with Gasteiger partial charge in [0.05, 0.1) is 17.4 Å². The lowest BCUT2D eigenvalue weighted by atomic mass is 9.90. The van der Waals surface area contributed by atoms with Crippen LogP contribution in [0.4, 0.5) is 20.2 Å². The Bertz CT molecular complexity index is 1380. The molecule has 1 aliphatic rings. The summed E-state index contributed by atoms with van der Waals surface area (Å²) < 4.78 is 53.7. The molecule has 3 aromatic carbocycles. The lowest BCUT2D eigenvalue weighted by Crippen LogP contribution is -2.40. The molecule has 0 saturated heterocycles. The predicted molar refractivity (Wildman–Crippen MR) is 127 cm³/mol. The molecule has 1 heterocycles. The Balaban J connectivity index is 1.43. The molecule has 0 saturated carbocycles. The highest BCUT2D eigenvalue weighted by Crippen LogP contribution is 2.32. The van der Waals surface area contributed by atoms with Crippen LogP contribution in [0.25, 0.3) is 0 Å². The van der Waals surface area contributed by atoms with Gasteiger partial charge in [0.2, 0.25) is 11.8 Å². The van der Waals surface area contributed by atoms with Crippen molar-refractivity contribution in [2.45, 2.75) is 30.7 Å². The van der Waals surface area contributed by atoms with E-state index < -0.39 is 26.6 Å². The maximum absolute atomic E-state index is 13.4. The number of carbonyl (C=O) groups excluding carboxylic acids is 2. The minimum Gasteiger partial charge on any atom is -0.335 e. The SMILES string of the molecule is CC(=O)N1CCc2ccccc2C1CC(=O)Nc1ccc(NS(=O)(=O)c2ccc(F)c(F)c2)cc1. The Morgan fingerprint density at radius 3 is 2.34 bits per heavy atom. The molecule has 182 valence electrons. The van der Waals surface area contributed by atoms with Crippen LogP contribution in [0.15, 0.2) is 71.6 Å². The Hall–Kier alpha value is -3.79. The van der Waals surface area contributed by atoms with Crippen molar-refractivity contribution in [2.24, 2.45) is 0 Å². The molecule has 10 heteroatoms. The van der Waals surface area contributed by atoms with Gasteiger partial charge in [-0.15, -0.1) is 0 Å². The summed E-state index contributed by atoms with van der Waals surface area (Å²) in [5.41, 5.74) is 2.67. The van der Waals surface area contributed by atoms with Crippen LogP contribution in [-0.4, -0.2) is 31.7 Å². The van der Waals surface area contributed by atoms with Crippen LogP contribution in [0.1, 0.15) is 30.5 Å². The zero-order valence-corrected chi connectivity index (χ0v) is 19.6. The van der Waals surface area contributed by atoms with E-state index in [4.69, 9.17) is 0 Å². The van der Waals surface area contributed by atoms with Crippen LogP contribution in [-0.2, 0) is 26.0 Å². The van der Waals surface area contributed by atoms with E-state index in [2.05, 4.69) is 10.0 Å². The molecule has 0 aromatic heterocycles. The summed E-state index contributed by atoms with van der Waals surface area (Å²) in [6, 6.07) is 15.6. The van der Waals surface area contributed by atoms with Crippen LogP contribution in [0.3, 0.4) is 0 Å². The van der Waals surface area contributed by atoms with Crippen molar-refractivity contribution in [1.82, 2.24) is 4.90 Å². The van der Waals surface area contributed by atoms with Gasteiger partial charge < -0.3 is 10.2 Å². The quantitative estimate of drug-likeness (QED) is 0.530. The minimum atomic E-state index is -4.13. The second kappa shape index (κ2) is 9.83. The summed E-state index contributed by atoms with van der Waals surface area (Å²) >= 11 is 0. The number of hydrogen-bond acceptors (Lipinski definition) is 4. The van der Waals surface area contributed by atoms with E-state index >= 15 is 0 Å². The highest BCUT2D eigenvalue weighted by molar-refractivity contribution is 7.92. The topological polar surface area (TPSA) is 95.6 Å². The van der Waals surface area contributed by atoms with Gasteiger partial charge in [-0.2, -0.15) is 0 Å². The van der Waals surface area contributed by atoms with Gasteiger partial charge >= 0.3 is 0 Å². The number of carbonyl (C=O) groups is 2. The fourth-order valence-corrected chi connectivity index (χ4v) is 5.19. The number of sulfonamides is 1. The molecular formula is C25H23F2N3O4S. The van der Waals surface area contributed by atoms with Crippen molar-refractivity contribution >= 4 is 33.2 Å². The maximum atomic E-state index is 13.4. The number of hydrogen-bond donors (Lipinski definition) is 2. The van der Waals surface area contributed by atoms with Gasteiger partial charge in [0, 0.05) is 24.8 Å². The standard InChI is InChI=1S/C25H23F2N3O4S/c1-16(31)30-13-12-17-4-2-3-5-21(17)24(30)15-25(32)28-18-6-8-19(9-7-18)29-35(33,34)20-10-11-22(26)23(27)14-20/h2-11,14,24,29H,12-13,15H2,1H3,(H,28,32). The molecule has 2 amide bonds. The molecule has 0 bridgehead atoms. The van der Waals surface area contributed by atoms with Gasteiger partial charge in [-0.3, -0.25) is 14.3 Å². The average molecular weight is 500 g/mol. The summed E-state index contributed by atoms with van der Waals surface area (Å²) in [6.45, 7) is 2.02. The number of rotatable bonds is 6. The minimum absolute atomic E-state index is 0.0705. The van der Waals surface area contributed by atoms with E-state index in [0.717, 1.165) is 29.7 Å². The first-order valence-electron chi connectivity index (χ1n) is 10.9. The van der Waals surface area contributed by atoms with E-state index in [1.54, 1.807) is 4.90 Å². The average Bonchev–Trinajstić information content (AvgIpc) is 2.82. The second-order valence-electron chi connectivity index (χ2n) is 8.19. The maximum Gasteiger partial charge on any atom is 0.261 e. The summed E-state index contributed by atoms with van der Waals surface area (Å²) in [7, 11) is -4.13. The summed E-state index contributed by atoms with van der Waals surface area (Å²) in [4.78, 5) is 26.2. The first-order chi connectivity index (χ1) is 16.6. The second-order valence-corrected chi connectivity index (χ2v) is 9.87. The van der Waals surface area contributed by atoms with Crippen LogP contribution in [0, 0.1) is 11.6 Å². The van der Waals surface area contributed by atoms with Crippen molar-refractivity contribution in [1.29, 1.82) is 0 Å². The molecule has 1 atom stereocenters. The smallest absolute Gasteiger partial charge is 0.261 e. The van der Waals surface area contributed by atoms with E-state index in [1.807, 2.05) is 24.3 Å². The molecule has 0 radical (unpaired) electrons. The molecule has 1 unspecified atom stereocenters. The van der Waals surface area contributed by atoms with Gasteiger partial charge in [0.25, 0.3) is 10.0 Å². The molecule has 3 aromatic rings. The molecule has 0 fully saturated rings. The lowest BCUT2D eigenvalue weighted by molar-refractivity contribution is -0.132. The van der Waals surface area contributed by atoms with Crippen LogP contribution in [0.2, 0.25) is 0 Å². The number of anilines is 2. The summed E-state index contributed by atoms with van der Waals surface area (Å²) in [6.07, 6.45) is 0.802. The van der Waals surface area contributed by atoms with Crippen LogP contribution in [0.5, 0.6) is 0 Å². The largest absolute Gasteiger partial charge is 0.335 e. The van der Waals surface area contributed by atoms with Crippen molar-refractivity contribution in [3.8, 4) is 0 Å². The number of fused-ring (bicyclic) bond motifs is 1.